The van der Waals surface area contributed by atoms with Crippen molar-refractivity contribution in [1.29, 1.82) is 0 Å². The molecule has 2 N–H and O–H groups in total. The van der Waals surface area contributed by atoms with E-state index in [1.165, 1.54) is 0 Å². The highest BCUT2D eigenvalue weighted by atomic mass is 16.5. The average Bonchev–Trinajstić information content (AvgIpc) is 2.86. The molecule has 0 amide bonds. The van der Waals surface area contributed by atoms with E-state index >= 15 is 0 Å². The molecule has 2 rings (SSSR count). The molecule has 0 atom stereocenters. The van der Waals surface area contributed by atoms with Crippen molar-refractivity contribution in [2.24, 2.45) is 0 Å². The van der Waals surface area contributed by atoms with Gasteiger partial charge in [-0.1, -0.05) is 19.1 Å². The number of rotatable bonds is 6. The predicted octanol–water partition coefficient (Wildman–Crippen LogP) is 0.204. The first kappa shape index (κ1) is 13.6. The lowest BCUT2D eigenvalue weighted by Gasteiger charge is -2.09. The second-order valence-electron chi connectivity index (χ2n) is 4.19. The smallest absolute Gasteiger partial charge is 0.488 e. The molecule has 1 aromatic carbocycles. The molecular formula is C13H17BN2O3. The number of imidazole rings is 1. The maximum Gasteiger partial charge on any atom is 0.488 e. The fourth-order valence-corrected chi connectivity index (χ4v) is 1.88. The summed E-state index contributed by atoms with van der Waals surface area (Å²) in [7, 11) is -1.47. The van der Waals surface area contributed by atoms with Gasteiger partial charge in [-0.15, -0.1) is 0 Å². The lowest BCUT2D eigenvalue weighted by molar-refractivity contribution is 0.296. The number of hydrogen-bond donors (Lipinski definition) is 2. The summed E-state index contributed by atoms with van der Waals surface area (Å²) in [6.07, 6.45) is 4.59. The van der Waals surface area contributed by atoms with Crippen LogP contribution in [0.15, 0.2) is 36.7 Å². The number of nitrogens with zero attached hydrogens (tertiary/aromatic N) is 2. The lowest BCUT2D eigenvalue weighted by atomic mass is 9.80. The van der Waals surface area contributed by atoms with Gasteiger partial charge in [0.2, 0.25) is 0 Å². The van der Waals surface area contributed by atoms with Crippen LogP contribution in [0.2, 0.25) is 0 Å². The van der Waals surface area contributed by atoms with Crippen LogP contribution in [0, 0.1) is 0 Å². The minimum absolute atomic E-state index is 0.425. The number of aromatic nitrogens is 2. The largest absolute Gasteiger partial charge is 0.492 e. The number of ether oxygens (including phenoxy) is 1. The molecule has 0 aliphatic rings. The van der Waals surface area contributed by atoms with Crippen molar-refractivity contribution in [3.63, 3.8) is 0 Å². The van der Waals surface area contributed by atoms with Crippen LogP contribution in [0.1, 0.15) is 12.7 Å². The molecule has 1 heterocycles. The van der Waals surface area contributed by atoms with E-state index in [9.17, 15) is 0 Å². The van der Waals surface area contributed by atoms with Crippen LogP contribution in [0.5, 0.6) is 5.75 Å². The van der Waals surface area contributed by atoms with Crippen molar-refractivity contribution in [2.45, 2.75) is 19.9 Å². The van der Waals surface area contributed by atoms with Crippen molar-refractivity contribution >= 4 is 12.6 Å². The fraction of sp³-hybridized carbons (Fsp3) is 0.308. The number of benzene rings is 1. The van der Waals surface area contributed by atoms with Gasteiger partial charge in [-0.3, -0.25) is 0 Å². The first-order chi connectivity index (χ1) is 9.20. The van der Waals surface area contributed by atoms with Crippen molar-refractivity contribution < 1.29 is 14.8 Å². The summed E-state index contributed by atoms with van der Waals surface area (Å²) in [5.41, 5.74) is 0.425. The Morgan fingerprint density at radius 1 is 1.37 bits per heavy atom. The normalized spacial score (nSPS) is 10.5. The number of hydrogen-bond acceptors (Lipinski definition) is 4. The van der Waals surface area contributed by atoms with Gasteiger partial charge < -0.3 is 19.4 Å². The number of aryl methyl sites for hydroxylation is 1. The molecule has 100 valence electrons. The molecule has 5 nitrogen and oxygen atoms in total. The van der Waals surface area contributed by atoms with Gasteiger partial charge in [0.25, 0.3) is 0 Å². The van der Waals surface area contributed by atoms with Crippen LogP contribution in [0.3, 0.4) is 0 Å². The molecule has 6 heteroatoms. The quantitative estimate of drug-likeness (QED) is 0.728. The van der Waals surface area contributed by atoms with Crippen LogP contribution >= 0.6 is 0 Å². The summed E-state index contributed by atoms with van der Waals surface area (Å²) < 4.78 is 7.65. The monoisotopic (exact) mass is 260 g/mol. The molecule has 0 radical (unpaired) electrons. The Kier molecular flexibility index (Phi) is 4.60. The Hall–Kier alpha value is -1.79. The Bertz CT molecular complexity index is 528. The van der Waals surface area contributed by atoms with Crippen LogP contribution in [0.25, 0.3) is 0 Å². The second kappa shape index (κ2) is 6.40. The van der Waals surface area contributed by atoms with Gasteiger partial charge in [0.05, 0.1) is 6.54 Å². The SMILES string of the molecule is CCc1nccn1CCOc1cccc(B(O)O)c1. The standard InChI is InChI=1S/C13H17BN2O3/c1-2-13-15-6-7-16(13)8-9-19-12-5-3-4-11(10-12)14(17)18/h3-7,10,17-18H,2,8-9H2,1H3. The highest BCUT2D eigenvalue weighted by Crippen LogP contribution is 2.08. The average molecular weight is 260 g/mol. The van der Waals surface area contributed by atoms with E-state index in [0.29, 0.717) is 17.8 Å². The minimum atomic E-state index is -1.47. The van der Waals surface area contributed by atoms with Gasteiger partial charge in [-0.25, -0.2) is 4.98 Å². The van der Waals surface area contributed by atoms with Crippen molar-refractivity contribution in [3.05, 3.63) is 42.5 Å². The summed E-state index contributed by atoms with van der Waals surface area (Å²) in [6.45, 7) is 3.29. The zero-order valence-electron chi connectivity index (χ0n) is 10.9. The van der Waals surface area contributed by atoms with E-state index in [4.69, 9.17) is 14.8 Å². The Morgan fingerprint density at radius 3 is 2.95 bits per heavy atom. The molecule has 0 saturated carbocycles. The molecule has 0 unspecified atom stereocenters. The highest BCUT2D eigenvalue weighted by molar-refractivity contribution is 6.58. The van der Waals surface area contributed by atoms with Gasteiger partial charge in [0.1, 0.15) is 18.2 Å². The molecule has 2 aromatic rings. The first-order valence-electron chi connectivity index (χ1n) is 6.29. The van der Waals surface area contributed by atoms with Crippen LogP contribution in [0.4, 0.5) is 0 Å². The molecule has 19 heavy (non-hydrogen) atoms. The molecule has 0 aliphatic carbocycles. The van der Waals surface area contributed by atoms with Gasteiger partial charge >= 0.3 is 7.12 Å². The fourth-order valence-electron chi connectivity index (χ4n) is 1.88. The maximum absolute atomic E-state index is 9.08. The highest BCUT2D eigenvalue weighted by Gasteiger charge is 2.11. The summed E-state index contributed by atoms with van der Waals surface area (Å²) >= 11 is 0. The van der Waals surface area contributed by atoms with E-state index in [1.807, 2.05) is 10.8 Å². The summed E-state index contributed by atoms with van der Waals surface area (Å²) in [6, 6.07) is 6.79. The third kappa shape index (κ3) is 3.59. The summed E-state index contributed by atoms with van der Waals surface area (Å²) in [4.78, 5) is 4.24. The molecule has 0 spiro atoms. The van der Waals surface area contributed by atoms with Crippen LogP contribution < -0.4 is 10.2 Å². The molecule has 0 saturated heterocycles. The van der Waals surface area contributed by atoms with Crippen LogP contribution in [-0.4, -0.2) is 33.3 Å². The van der Waals surface area contributed by atoms with Crippen molar-refractivity contribution in [1.82, 2.24) is 9.55 Å². The van der Waals surface area contributed by atoms with Crippen molar-refractivity contribution in [2.75, 3.05) is 6.61 Å². The molecule has 0 aliphatic heterocycles. The Labute approximate surface area is 112 Å². The Balaban J connectivity index is 1.90. The lowest BCUT2D eigenvalue weighted by Crippen LogP contribution is -2.29. The topological polar surface area (TPSA) is 67.5 Å². The van der Waals surface area contributed by atoms with E-state index in [0.717, 1.165) is 18.8 Å². The second-order valence-corrected chi connectivity index (χ2v) is 4.19. The molecule has 1 aromatic heterocycles. The van der Waals surface area contributed by atoms with Gasteiger partial charge in [0.15, 0.2) is 0 Å². The third-order valence-corrected chi connectivity index (χ3v) is 2.88. The van der Waals surface area contributed by atoms with Crippen molar-refractivity contribution in [3.8, 4) is 5.75 Å². The zero-order chi connectivity index (χ0) is 13.7. The maximum atomic E-state index is 9.08. The van der Waals surface area contributed by atoms with Gasteiger partial charge in [0, 0.05) is 18.8 Å². The van der Waals surface area contributed by atoms with Gasteiger partial charge in [-0.2, -0.15) is 0 Å². The molecular weight excluding hydrogens is 243 g/mol. The summed E-state index contributed by atoms with van der Waals surface area (Å²) in [5.74, 6) is 1.66. The Morgan fingerprint density at radius 2 is 2.21 bits per heavy atom. The predicted molar refractivity (Wildman–Crippen MR) is 73.4 cm³/mol. The van der Waals surface area contributed by atoms with Gasteiger partial charge in [-0.05, 0) is 17.6 Å². The summed E-state index contributed by atoms with van der Waals surface area (Å²) in [5, 5.41) is 18.2. The first-order valence-corrected chi connectivity index (χ1v) is 6.29. The minimum Gasteiger partial charge on any atom is -0.492 e. The van der Waals surface area contributed by atoms with E-state index in [-0.39, 0.29) is 0 Å². The van der Waals surface area contributed by atoms with E-state index < -0.39 is 7.12 Å². The van der Waals surface area contributed by atoms with E-state index in [1.54, 1.807) is 30.5 Å². The van der Waals surface area contributed by atoms with Crippen LogP contribution in [-0.2, 0) is 13.0 Å². The molecule has 0 fully saturated rings. The van der Waals surface area contributed by atoms with E-state index in [2.05, 4.69) is 11.9 Å². The zero-order valence-corrected chi connectivity index (χ0v) is 10.9. The third-order valence-electron chi connectivity index (χ3n) is 2.88. The molecule has 0 bridgehead atoms.